The molecule has 7 heteroatoms. The summed E-state index contributed by atoms with van der Waals surface area (Å²) in [5.41, 5.74) is 1.04. The Morgan fingerprint density at radius 3 is 2.83 bits per heavy atom. The van der Waals surface area contributed by atoms with E-state index in [-0.39, 0.29) is 11.9 Å². The van der Waals surface area contributed by atoms with E-state index in [1.54, 1.807) is 6.20 Å². The van der Waals surface area contributed by atoms with Crippen LogP contribution in [0.5, 0.6) is 0 Å². The van der Waals surface area contributed by atoms with Gasteiger partial charge in [-0.2, -0.15) is 0 Å². The molecule has 0 N–H and O–H groups in total. The van der Waals surface area contributed by atoms with Gasteiger partial charge < -0.3 is 4.90 Å². The summed E-state index contributed by atoms with van der Waals surface area (Å²) in [4.78, 5) is 26.4. The van der Waals surface area contributed by atoms with Gasteiger partial charge in [-0.15, -0.1) is 0 Å². The summed E-state index contributed by atoms with van der Waals surface area (Å²) in [5.74, 6) is 0.0851. The Hall–Kier alpha value is -1.89. The minimum atomic E-state index is -0.471. The third-order valence-corrected chi connectivity index (χ3v) is 4.35. The Bertz CT molecular complexity index is 695. The highest BCUT2D eigenvalue weighted by Gasteiger charge is 2.29. The van der Waals surface area contributed by atoms with Crippen molar-refractivity contribution in [1.29, 1.82) is 0 Å². The smallest absolute Gasteiger partial charge is 0.223 e. The molecule has 3 rings (SSSR count). The highest BCUT2D eigenvalue weighted by Crippen LogP contribution is 2.33. The highest BCUT2D eigenvalue weighted by molar-refractivity contribution is 9.10. The van der Waals surface area contributed by atoms with E-state index in [1.807, 2.05) is 17.2 Å². The summed E-state index contributed by atoms with van der Waals surface area (Å²) >= 11 is 3.42. The lowest BCUT2D eigenvalue weighted by atomic mass is 10.1. The first-order chi connectivity index (χ1) is 11.1. The number of hydrogen-bond donors (Lipinski definition) is 0. The van der Waals surface area contributed by atoms with Gasteiger partial charge in [0.2, 0.25) is 5.91 Å². The van der Waals surface area contributed by atoms with Gasteiger partial charge in [-0.25, -0.2) is 14.4 Å². The molecule has 0 aromatic carbocycles. The molecule has 0 saturated carbocycles. The van der Waals surface area contributed by atoms with E-state index in [1.165, 1.54) is 0 Å². The molecule has 1 amide bonds. The number of amides is 1. The number of hydrogen-bond acceptors (Lipinski definition) is 4. The topological polar surface area (TPSA) is 59.0 Å². The van der Waals surface area contributed by atoms with E-state index in [2.05, 4.69) is 30.9 Å². The van der Waals surface area contributed by atoms with Crippen LogP contribution in [0.1, 0.15) is 36.7 Å². The number of rotatable bonds is 4. The molecule has 120 valence electrons. The lowest BCUT2D eigenvalue weighted by Crippen LogP contribution is -2.30. The number of halogens is 2. The predicted molar refractivity (Wildman–Crippen MR) is 85.9 cm³/mol. The van der Waals surface area contributed by atoms with Gasteiger partial charge in [0.15, 0.2) is 5.82 Å². The molecule has 2 aromatic heterocycles. The molecule has 1 aliphatic rings. The third-order valence-electron chi connectivity index (χ3n) is 3.92. The lowest BCUT2D eigenvalue weighted by molar-refractivity contribution is -0.132. The molecule has 23 heavy (non-hydrogen) atoms. The number of aromatic nitrogens is 3. The number of nitrogens with zero attached hydrogens (tertiary/aromatic N) is 4. The third kappa shape index (κ3) is 3.90. The Kier molecular flexibility index (Phi) is 4.95. The maximum Gasteiger partial charge on any atom is 0.223 e. The Balaban J connectivity index is 1.65. The zero-order valence-electron chi connectivity index (χ0n) is 12.5. The molecular weight excluding hydrogens is 363 g/mol. The van der Waals surface area contributed by atoms with Gasteiger partial charge >= 0.3 is 0 Å². The maximum atomic E-state index is 12.8. The first-order valence-corrected chi connectivity index (χ1v) is 8.29. The van der Waals surface area contributed by atoms with Crippen LogP contribution >= 0.6 is 15.9 Å². The van der Waals surface area contributed by atoms with Crippen molar-refractivity contribution in [3.8, 4) is 0 Å². The summed E-state index contributed by atoms with van der Waals surface area (Å²) in [6.07, 6.45) is 8.45. The average molecular weight is 379 g/mol. The first kappa shape index (κ1) is 16.0. The van der Waals surface area contributed by atoms with Crippen LogP contribution in [-0.4, -0.2) is 32.3 Å². The van der Waals surface area contributed by atoms with Crippen molar-refractivity contribution < 1.29 is 9.18 Å². The summed E-state index contributed by atoms with van der Waals surface area (Å²) < 4.78 is 13.7. The largest absolute Gasteiger partial charge is 0.336 e. The molecule has 5 nitrogen and oxygen atoms in total. The van der Waals surface area contributed by atoms with Gasteiger partial charge in [0.1, 0.15) is 5.82 Å². The summed E-state index contributed by atoms with van der Waals surface area (Å²) in [6, 6.07) is 2.08. The SMILES string of the molecule is O=C(CCc1ncc(F)cn1)N1CCCC1c1cncc(Br)c1. The lowest BCUT2D eigenvalue weighted by Gasteiger charge is -2.25. The average Bonchev–Trinajstić information content (AvgIpc) is 3.04. The summed E-state index contributed by atoms with van der Waals surface area (Å²) in [5, 5.41) is 0. The first-order valence-electron chi connectivity index (χ1n) is 7.50. The molecule has 1 fully saturated rings. The summed E-state index contributed by atoms with van der Waals surface area (Å²) in [6.45, 7) is 0.750. The van der Waals surface area contributed by atoms with Gasteiger partial charge in [0, 0.05) is 36.3 Å². The molecule has 0 radical (unpaired) electrons. The monoisotopic (exact) mass is 378 g/mol. The quantitative estimate of drug-likeness (QED) is 0.820. The van der Waals surface area contributed by atoms with Crippen LogP contribution in [0.2, 0.25) is 0 Å². The fraction of sp³-hybridized carbons (Fsp3) is 0.375. The number of carbonyl (C=O) groups is 1. The normalized spacial score (nSPS) is 17.5. The van der Waals surface area contributed by atoms with Crippen LogP contribution in [0.4, 0.5) is 4.39 Å². The second kappa shape index (κ2) is 7.12. The fourth-order valence-corrected chi connectivity index (χ4v) is 3.24. The molecule has 1 unspecified atom stereocenters. The van der Waals surface area contributed by atoms with E-state index in [0.29, 0.717) is 18.7 Å². The molecule has 2 aromatic rings. The van der Waals surface area contributed by atoms with Crippen LogP contribution < -0.4 is 0 Å². The second-order valence-corrected chi connectivity index (χ2v) is 6.41. The van der Waals surface area contributed by atoms with Crippen molar-refractivity contribution in [2.24, 2.45) is 0 Å². The van der Waals surface area contributed by atoms with Crippen molar-refractivity contribution in [3.63, 3.8) is 0 Å². The molecule has 0 aliphatic carbocycles. The molecule has 1 atom stereocenters. The van der Waals surface area contributed by atoms with Crippen LogP contribution in [0.3, 0.4) is 0 Å². The van der Waals surface area contributed by atoms with E-state index in [4.69, 9.17) is 0 Å². The number of carbonyl (C=O) groups excluding carboxylic acids is 1. The zero-order valence-corrected chi connectivity index (χ0v) is 14.0. The maximum absolute atomic E-state index is 12.8. The molecule has 0 bridgehead atoms. The van der Waals surface area contributed by atoms with Gasteiger partial charge in [-0.3, -0.25) is 9.78 Å². The van der Waals surface area contributed by atoms with Crippen molar-refractivity contribution in [2.75, 3.05) is 6.54 Å². The Morgan fingerprint density at radius 2 is 2.09 bits per heavy atom. The predicted octanol–water partition coefficient (Wildman–Crippen LogP) is 3.07. The molecule has 1 aliphatic heterocycles. The van der Waals surface area contributed by atoms with Crippen molar-refractivity contribution in [2.45, 2.75) is 31.7 Å². The highest BCUT2D eigenvalue weighted by atomic mass is 79.9. The molecule has 0 spiro atoms. The molecule has 1 saturated heterocycles. The van der Waals surface area contributed by atoms with E-state index < -0.39 is 5.82 Å². The van der Waals surface area contributed by atoms with Crippen molar-refractivity contribution in [1.82, 2.24) is 19.9 Å². The van der Waals surface area contributed by atoms with Gasteiger partial charge in [-0.1, -0.05) is 0 Å². The summed E-state index contributed by atoms with van der Waals surface area (Å²) in [7, 11) is 0. The molecular formula is C16H16BrFN4O. The minimum absolute atomic E-state index is 0.0698. The van der Waals surface area contributed by atoms with Crippen LogP contribution in [-0.2, 0) is 11.2 Å². The minimum Gasteiger partial charge on any atom is -0.336 e. The van der Waals surface area contributed by atoms with E-state index in [0.717, 1.165) is 41.8 Å². The van der Waals surface area contributed by atoms with Crippen molar-refractivity contribution in [3.05, 3.63) is 52.5 Å². The van der Waals surface area contributed by atoms with E-state index >= 15 is 0 Å². The van der Waals surface area contributed by atoms with Crippen LogP contribution in [0.25, 0.3) is 0 Å². The second-order valence-electron chi connectivity index (χ2n) is 5.50. The Labute approximate surface area is 142 Å². The van der Waals surface area contributed by atoms with Crippen LogP contribution in [0.15, 0.2) is 35.3 Å². The van der Waals surface area contributed by atoms with E-state index in [9.17, 15) is 9.18 Å². The Morgan fingerprint density at radius 1 is 1.30 bits per heavy atom. The standard InChI is InChI=1S/C16H16BrFN4O/c17-12-6-11(7-19-8-12)14-2-1-5-22(14)16(23)4-3-15-20-9-13(18)10-21-15/h6-10,14H,1-5H2. The number of pyridine rings is 1. The molecule has 3 heterocycles. The number of aryl methyl sites for hydroxylation is 1. The van der Waals surface area contributed by atoms with Gasteiger partial charge in [-0.05, 0) is 40.4 Å². The van der Waals surface area contributed by atoms with Gasteiger partial charge in [0.05, 0.1) is 18.4 Å². The van der Waals surface area contributed by atoms with Crippen molar-refractivity contribution >= 4 is 21.8 Å². The number of likely N-dealkylation sites (tertiary alicyclic amines) is 1. The zero-order chi connectivity index (χ0) is 16.2. The van der Waals surface area contributed by atoms with Crippen LogP contribution in [0, 0.1) is 5.82 Å². The fourth-order valence-electron chi connectivity index (χ4n) is 2.85. The van der Waals surface area contributed by atoms with Gasteiger partial charge in [0.25, 0.3) is 0 Å².